The number of rotatable bonds is 4. The van der Waals surface area contributed by atoms with E-state index >= 15 is 0 Å². The van der Waals surface area contributed by atoms with Crippen LogP contribution in [0.5, 0.6) is 0 Å². The number of carbonyl (C=O) groups is 1. The van der Waals surface area contributed by atoms with Crippen molar-refractivity contribution in [3.05, 3.63) is 16.1 Å². The van der Waals surface area contributed by atoms with Gasteiger partial charge in [-0.1, -0.05) is 6.92 Å². The minimum atomic E-state index is 0.0549. The van der Waals surface area contributed by atoms with E-state index in [1.54, 1.807) is 11.3 Å². The molecule has 3 rings (SSSR count). The summed E-state index contributed by atoms with van der Waals surface area (Å²) in [4.78, 5) is 22.7. The van der Waals surface area contributed by atoms with Crippen molar-refractivity contribution in [2.75, 3.05) is 39.4 Å². The van der Waals surface area contributed by atoms with Crippen LogP contribution in [0.25, 0.3) is 0 Å². The lowest BCUT2D eigenvalue weighted by Crippen LogP contribution is -2.59. The van der Waals surface area contributed by atoms with Crippen molar-refractivity contribution < 1.29 is 9.53 Å². The standard InChI is InChI=1S/C18H30N4O2S/c1-13(17-19-11-15(3)25-17)10-20-18(23)22-7-6-21(12-14(22)2)16-4-8-24-9-5-16/h11,13-14,16H,4-10,12H2,1-3H3,(H,20,23)/t13?,14-/m1/s1. The first-order chi connectivity index (χ1) is 12.0. The molecule has 2 fully saturated rings. The fraction of sp³-hybridized carbons (Fsp3) is 0.778. The van der Waals surface area contributed by atoms with Crippen molar-refractivity contribution in [3.63, 3.8) is 0 Å². The van der Waals surface area contributed by atoms with E-state index in [0.717, 1.165) is 50.7 Å². The summed E-state index contributed by atoms with van der Waals surface area (Å²) in [6.07, 6.45) is 4.13. The van der Waals surface area contributed by atoms with E-state index in [-0.39, 0.29) is 18.0 Å². The number of urea groups is 1. The van der Waals surface area contributed by atoms with Gasteiger partial charge in [0.05, 0.1) is 5.01 Å². The molecule has 3 heterocycles. The van der Waals surface area contributed by atoms with Gasteiger partial charge in [0, 0.05) is 68.5 Å². The predicted octanol–water partition coefficient (Wildman–Crippen LogP) is 2.45. The second-order valence-corrected chi connectivity index (χ2v) is 8.54. The maximum Gasteiger partial charge on any atom is 0.317 e. The molecule has 0 saturated carbocycles. The van der Waals surface area contributed by atoms with Gasteiger partial charge < -0.3 is 15.0 Å². The largest absolute Gasteiger partial charge is 0.381 e. The lowest BCUT2D eigenvalue weighted by molar-refractivity contribution is 0.00701. The van der Waals surface area contributed by atoms with Crippen LogP contribution in [0.15, 0.2) is 6.20 Å². The second-order valence-electron chi connectivity index (χ2n) is 7.28. The number of hydrogen-bond donors (Lipinski definition) is 1. The molecular weight excluding hydrogens is 336 g/mol. The van der Waals surface area contributed by atoms with E-state index in [9.17, 15) is 4.79 Å². The number of carbonyl (C=O) groups excluding carboxylic acids is 1. The Morgan fingerprint density at radius 1 is 1.44 bits per heavy atom. The predicted molar refractivity (Wildman–Crippen MR) is 100 cm³/mol. The molecule has 0 radical (unpaired) electrons. The molecule has 2 aliphatic heterocycles. The number of aryl methyl sites for hydroxylation is 1. The molecule has 0 spiro atoms. The van der Waals surface area contributed by atoms with Crippen molar-refractivity contribution in [1.82, 2.24) is 20.1 Å². The zero-order valence-electron chi connectivity index (χ0n) is 15.5. The minimum absolute atomic E-state index is 0.0549. The van der Waals surface area contributed by atoms with Gasteiger partial charge in [-0.25, -0.2) is 9.78 Å². The SMILES string of the molecule is Cc1cnc(C(C)CNC(=O)N2CCN(C3CCOCC3)C[C@H]2C)s1. The fourth-order valence-electron chi connectivity index (χ4n) is 3.70. The molecule has 140 valence electrons. The lowest BCUT2D eigenvalue weighted by atomic mass is 10.0. The highest BCUT2D eigenvalue weighted by Crippen LogP contribution is 2.21. The highest BCUT2D eigenvalue weighted by atomic mass is 32.1. The van der Waals surface area contributed by atoms with Crippen LogP contribution in [0, 0.1) is 6.92 Å². The van der Waals surface area contributed by atoms with Gasteiger partial charge in [-0.3, -0.25) is 4.90 Å². The normalized spacial score (nSPS) is 24.3. The molecule has 0 aromatic carbocycles. The molecular formula is C18H30N4O2S. The summed E-state index contributed by atoms with van der Waals surface area (Å²) < 4.78 is 5.46. The molecule has 1 aromatic heterocycles. The quantitative estimate of drug-likeness (QED) is 0.889. The first-order valence-electron chi connectivity index (χ1n) is 9.33. The van der Waals surface area contributed by atoms with E-state index in [4.69, 9.17) is 4.74 Å². The molecule has 6 nitrogen and oxygen atoms in total. The Kier molecular flexibility index (Phi) is 6.30. The first kappa shape index (κ1) is 18.6. The lowest BCUT2D eigenvalue weighted by Gasteiger charge is -2.44. The van der Waals surface area contributed by atoms with Gasteiger partial charge in [0.2, 0.25) is 0 Å². The fourth-order valence-corrected chi connectivity index (χ4v) is 4.52. The molecule has 0 bridgehead atoms. The third-order valence-electron chi connectivity index (χ3n) is 5.25. The Hall–Kier alpha value is -1.18. The third kappa shape index (κ3) is 4.71. The summed E-state index contributed by atoms with van der Waals surface area (Å²) in [6.45, 7) is 11.4. The Morgan fingerprint density at radius 2 is 2.20 bits per heavy atom. The Labute approximate surface area is 154 Å². The van der Waals surface area contributed by atoms with Gasteiger partial charge >= 0.3 is 6.03 Å². The monoisotopic (exact) mass is 366 g/mol. The first-order valence-corrected chi connectivity index (χ1v) is 10.1. The number of piperazine rings is 1. The van der Waals surface area contributed by atoms with Gasteiger partial charge in [0.25, 0.3) is 0 Å². The number of hydrogen-bond acceptors (Lipinski definition) is 5. The Morgan fingerprint density at radius 3 is 2.84 bits per heavy atom. The van der Waals surface area contributed by atoms with E-state index in [1.807, 2.05) is 11.1 Å². The number of amides is 2. The summed E-state index contributed by atoms with van der Waals surface area (Å²) in [5, 5.41) is 4.19. The molecule has 1 unspecified atom stereocenters. The second kappa shape index (κ2) is 8.47. The van der Waals surface area contributed by atoms with Crippen molar-refractivity contribution in [1.29, 1.82) is 0 Å². The van der Waals surface area contributed by atoms with E-state index in [0.29, 0.717) is 12.6 Å². The van der Waals surface area contributed by atoms with Crippen LogP contribution in [0.3, 0.4) is 0 Å². The van der Waals surface area contributed by atoms with Crippen molar-refractivity contribution in [2.24, 2.45) is 0 Å². The van der Waals surface area contributed by atoms with Gasteiger partial charge in [0.15, 0.2) is 0 Å². The minimum Gasteiger partial charge on any atom is -0.381 e. The van der Waals surface area contributed by atoms with Crippen LogP contribution in [0.2, 0.25) is 0 Å². The summed E-state index contributed by atoms with van der Waals surface area (Å²) in [7, 11) is 0. The number of thiazole rings is 1. The number of ether oxygens (including phenoxy) is 1. The summed E-state index contributed by atoms with van der Waals surface area (Å²) in [5.74, 6) is 0.251. The average molecular weight is 367 g/mol. The molecule has 1 aromatic rings. The van der Waals surface area contributed by atoms with Crippen molar-refractivity contribution in [2.45, 2.75) is 51.6 Å². The Bertz CT molecular complexity index is 573. The van der Waals surface area contributed by atoms with Crippen LogP contribution in [0.1, 0.15) is 42.5 Å². The number of nitrogens with zero attached hydrogens (tertiary/aromatic N) is 3. The van der Waals surface area contributed by atoms with Crippen LogP contribution in [0.4, 0.5) is 4.79 Å². The van der Waals surface area contributed by atoms with Crippen LogP contribution in [-0.2, 0) is 4.74 Å². The molecule has 2 atom stereocenters. The van der Waals surface area contributed by atoms with Gasteiger partial charge in [0.1, 0.15) is 0 Å². The molecule has 0 aliphatic carbocycles. The van der Waals surface area contributed by atoms with Crippen LogP contribution >= 0.6 is 11.3 Å². The summed E-state index contributed by atoms with van der Waals surface area (Å²) in [6, 6.07) is 0.919. The van der Waals surface area contributed by atoms with E-state index < -0.39 is 0 Å². The molecule has 2 aliphatic rings. The molecule has 7 heteroatoms. The van der Waals surface area contributed by atoms with Crippen LogP contribution in [-0.4, -0.2) is 72.3 Å². The van der Waals surface area contributed by atoms with E-state index in [2.05, 4.69) is 36.0 Å². The average Bonchev–Trinajstić information content (AvgIpc) is 3.06. The highest BCUT2D eigenvalue weighted by Gasteiger charge is 2.31. The van der Waals surface area contributed by atoms with Crippen LogP contribution < -0.4 is 5.32 Å². The highest BCUT2D eigenvalue weighted by molar-refractivity contribution is 7.11. The van der Waals surface area contributed by atoms with Crippen molar-refractivity contribution in [3.8, 4) is 0 Å². The molecule has 25 heavy (non-hydrogen) atoms. The maximum atomic E-state index is 12.6. The molecule has 1 N–H and O–H groups in total. The zero-order valence-corrected chi connectivity index (χ0v) is 16.3. The van der Waals surface area contributed by atoms with Gasteiger partial charge in [-0.2, -0.15) is 0 Å². The van der Waals surface area contributed by atoms with Crippen molar-refractivity contribution >= 4 is 17.4 Å². The maximum absolute atomic E-state index is 12.6. The smallest absolute Gasteiger partial charge is 0.317 e. The number of nitrogens with one attached hydrogen (secondary N) is 1. The number of aromatic nitrogens is 1. The molecule has 2 amide bonds. The van der Waals surface area contributed by atoms with E-state index in [1.165, 1.54) is 4.88 Å². The summed E-state index contributed by atoms with van der Waals surface area (Å²) >= 11 is 1.71. The molecule has 2 saturated heterocycles. The summed E-state index contributed by atoms with van der Waals surface area (Å²) in [5.41, 5.74) is 0. The zero-order chi connectivity index (χ0) is 17.8. The van der Waals surface area contributed by atoms with Gasteiger partial charge in [-0.15, -0.1) is 11.3 Å². The topological polar surface area (TPSA) is 57.7 Å². The third-order valence-corrected chi connectivity index (χ3v) is 6.39. The Balaban J connectivity index is 1.46. The van der Waals surface area contributed by atoms with Gasteiger partial charge in [-0.05, 0) is 26.7 Å².